The second kappa shape index (κ2) is 22.0. The van der Waals surface area contributed by atoms with Crippen LogP contribution in [0.1, 0.15) is 72.4 Å². The Hall–Kier alpha value is -0.566. The van der Waals surface area contributed by atoms with Gasteiger partial charge in [-0.2, -0.15) is 0 Å². The molecule has 0 spiro atoms. The van der Waals surface area contributed by atoms with E-state index in [4.69, 9.17) is 0 Å². The summed E-state index contributed by atoms with van der Waals surface area (Å²) in [4.78, 5) is 26.6. The van der Waals surface area contributed by atoms with E-state index >= 15 is 0 Å². The molecule has 0 N–H and O–H groups in total. The molecule has 0 unspecified atom stereocenters. The number of aromatic nitrogens is 2. The van der Waals surface area contributed by atoms with Crippen LogP contribution < -0.4 is 26.7 Å². The number of allylic oxidation sites excluding steroid dienone is 6. The van der Waals surface area contributed by atoms with Crippen LogP contribution in [0.5, 0.6) is 0 Å². The van der Waals surface area contributed by atoms with Gasteiger partial charge in [0.05, 0.1) is 0 Å². The molecule has 0 aliphatic carbocycles. The number of nitrogens with zero attached hydrogens (tertiary/aromatic N) is 3. The molecule has 0 saturated heterocycles. The number of hydrogen-bond donors (Lipinski definition) is 0. The van der Waals surface area contributed by atoms with Crippen molar-refractivity contribution in [1.29, 1.82) is 0 Å². The van der Waals surface area contributed by atoms with Gasteiger partial charge in [-0.3, -0.25) is 18.7 Å². The third-order valence-corrected chi connectivity index (χ3v) is 6.63. The van der Waals surface area contributed by atoms with Gasteiger partial charge in [0, 0.05) is 38.9 Å². The molecule has 0 atom stereocenters. The molecule has 0 amide bonds. The van der Waals surface area contributed by atoms with Gasteiger partial charge in [-0.15, -0.1) is 0 Å². The number of anilines is 1. The van der Waals surface area contributed by atoms with Crippen molar-refractivity contribution in [2.24, 2.45) is 14.1 Å². The minimum atomic E-state index is -0.342. The summed E-state index contributed by atoms with van der Waals surface area (Å²) in [5.74, 6) is 0. The van der Waals surface area contributed by atoms with Crippen molar-refractivity contribution in [3.8, 4) is 0 Å². The van der Waals surface area contributed by atoms with Crippen LogP contribution in [0.2, 0.25) is 0 Å². The second-order valence-electron chi connectivity index (χ2n) is 8.41. The molecule has 0 bridgehead atoms. The zero-order valence-corrected chi connectivity index (χ0v) is 29.0. The maximum atomic E-state index is 12.3. The molecule has 9 heteroatoms. The second-order valence-corrected chi connectivity index (χ2v) is 43.8. The average Bonchev–Trinajstić information content (AvgIpc) is 3.13. The first-order valence-electron chi connectivity index (χ1n) is 10.9. The Morgan fingerprint density at radius 3 is 1.51 bits per heavy atom. The van der Waals surface area contributed by atoms with Crippen LogP contribution in [-0.4, -0.2) is 16.2 Å². The van der Waals surface area contributed by atoms with Gasteiger partial charge >= 0.3 is 64.9 Å². The predicted octanol–water partition coefficient (Wildman–Crippen LogP) is 8.67. The minimum absolute atomic E-state index is 0. The first kappa shape index (κ1) is 50.1. The molecule has 0 radical (unpaired) electrons. The van der Waals surface area contributed by atoms with E-state index in [1.54, 1.807) is 26.2 Å². The topological polar surface area (TPSA) is 47.2 Å². The molecule has 236 valence electrons. The number of rotatable bonds is 3. The van der Waals surface area contributed by atoms with Crippen LogP contribution in [-0.2, 0) is 25.4 Å². The van der Waals surface area contributed by atoms with Gasteiger partial charge in [0.2, 0.25) is 0 Å². The van der Waals surface area contributed by atoms with Crippen LogP contribution in [0.15, 0.2) is 45.7 Å². The normalized spacial score (nSPS) is 12.2. The Balaban J connectivity index is -0.000000406. The van der Waals surface area contributed by atoms with Gasteiger partial charge in [0.25, 0.3) is 11.1 Å². The van der Waals surface area contributed by atoms with Crippen molar-refractivity contribution in [2.75, 3.05) is 11.9 Å². The van der Waals surface area contributed by atoms with E-state index in [1.165, 1.54) is 48.3 Å². The number of benzene rings is 1. The van der Waals surface area contributed by atoms with Crippen LogP contribution in [0, 0.1) is 27.7 Å². The van der Waals surface area contributed by atoms with Crippen molar-refractivity contribution in [3.63, 3.8) is 0 Å². The molecular weight excluding hydrogens is 890 g/mol. The molecule has 1 aromatic carbocycles. The Morgan fingerprint density at radius 1 is 0.683 bits per heavy atom. The SMILES string of the molecule is C.C.C.C.C.C.C=c1n(C)c(=O)c(=CC=CC=CC=C2Cc3c(C)c(C)c(C)c(C)c3N2C)c(=O)n1C.[I][V]([I])[I]. The van der Waals surface area contributed by atoms with E-state index in [0.717, 1.165) is 6.42 Å². The molecule has 0 fully saturated rings. The molecule has 2 aromatic rings. The summed E-state index contributed by atoms with van der Waals surface area (Å²) in [7, 11) is 5.34. The third-order valence-electron chi connectivity index (χ3n) is 6.63. The van der Waals surface area contributed by atoms with E-state index < -0.39 is 0 Å². The quantitative estimate of drug-likeness (QED) is 0.229. The molecule has 41 heavy (non-hydrogen) atoms. The Kier molecular flexibility index (Phi) is 26.9. The van der Waals surface area contributed by atoms with Crippen molar-refractivity contribution in [1.82, 2.24) is 9.13 Å². The summed E-state index contributed by atoms with van der Waals surface area (Å²) in [6.45, 7) is 12.6. The van der Waals surface area contributed by atoms with Gasteiger partial charge in [0.15, 0.2) is 0 Å². The zero-order chi connectivity index (χ0) is 26.6. The van der Waals surface area contributed by atoms with Crippen LogP contribution in [0.3, 0.4) is 0 Å². The van der Waals surface area contributed by atoms with Gasteiger partial charge in [-0.05, 0) is 67.7 Å². The van der Waals surface area contributed by atoms with Gasteiger partial charge in [-0.1, -0.05) is 75.4 Å². The summed E-state index contributed by atoms with van der Waals surface area (Å²) in [6.07, 6.45) is 12.0. The molecule has 1 aromatic heterocycles. The number of likely N-dealkylation sites (N-methyl/N-ethyl adjacent to an activating group) is 1. The molecule has 2 heterocycles. The molecular formula is C32H55I3N3O2V. The fourth-order valence-corrected chi connectivity index (χ4v) is 4.16. The number of halogens is 3. The standard InChI is InChI=1S/C26H31N3O2.6CH4.3HI.V/c1-16-17(2)19(4)24-23(18(16)3)15-21(29(24)8)13-11-9-10-12-14-22-25(30)27(6)20(5)28(7)26(22)31;;;;;;;;;;/h9-14H,5,15H2,1-4,6-8H3;6*1H4;3*1H;/q;;;;;;;;;;+3/p-3. The maximum absolute atomic E-state index is 12.3. The van der Waals surface area contributed by atoms with E-state index in [9.17, 15) is 9.59 Å². The molecule has 1 aliphatic heterocycles. The van der Waals surface area contributed by atoms with Crippen LogP contribution in [0.25, 0.3) is 12.7 Å². The third kappa shape index (κ3) is 11.8. The first-order chi connectivity index (χ1) is 16.3. The monoisotopic (exact) mass is 945 g/mol. The van der Waals surface area contributed by atoms with E-state index in [-0.39, 0.29) is 65.8 Å². The van der Waals surface area contributed by atoms with Crippen molar-refractivity contribution in [2.45, 2.75) is 78.7 Å². The fraction of sp³-hybridized carbons (Fsp3) is 0.438. The molecule has 0 saturated carbocycles. The van der Waals surface area contributed by atoms with E-state index in [0.29, 0.717) is 5.48 Å². The van der Waals surface area contributed by atoms with E-state index in [2.05, 4.69) is 112 Å². The summed E-state index contributed by atoms with van der Waals surface area (Å²) in [6, 6.07) is 0. The Bertz CT molecular complexity index is 1410. The summed E-state index contributed by atoms with van der Waals surface area (Å²) < 4.78 is 2.75. The zero-order valence-electron chi connectivity index (χ0n) is 21.1. The first-order valence-corrected chi connectivity index (χ1v) is 24.4. The fourth-order valence-electron chi connectivity index (χ4n) is 4.16. The number of hydrogen-bond acceptors (Lipinski definition) is 3. The van der Waals surface area contributed by atoms with Gasteiger partial charge in [-0.25, -0.2) is 0 Å². The predicted molar refractivity (Wildman–Crippen MR) is 212 cm³/mol. The van der Waals surface area contributed by atoms with Gasteiger partial charge < -0.3 is 4.90 Å². The van der Waals surface area contributed by atoms with Crippen molar-refractivity contribution in [3.05, 3.63) is 95.3 Å². The summed E-state index contributed by atoms with van der Waals surface area (Å²) >= 11 is 7.39. The average molecular weight is 945 g/mol. The van der Waals surface area contributed by atoms with E-state index in [1.807, 2.05) is 18.2 Å². The Labute approximate surface area is 289 Å². The summed E-state index contributed by atoms with van der Waals surface area (Å²) in [5.41, 5.74) is 9.13. The molecule has 3 rings (SSSR count). The van der Waals surface area contributed by atoms with Gasteiger partial charge in [0.1, 0.15) is 10.7 Å². The summed E-state index contributed by atoms with van der Waals surface area (Å²) in [5, 5.41) is 0.128. The van der Waals surface area contributed by atoms with Crippen molar-refractivity contribution < 1.29 is 4.92 Å². The van der Waals surface area contributed by atoms with Crippen LogP contribution in [0.4, 0.5) is 5.69 Å². The number of fused-ring (bicyclic) bond motifs is 1. The van der Waals surface area contributed by atoms with Crippen LogP contribution >= 0.6 is 59.9 Å². The molecule has 1 aliphatic rings. The molecule has 5 nitrogen and oxygen atoms in total. The van der Waals surface area contributed by atoms with Crippen molar-refractivity contribution >= 4 is 78.3 Å². The Morgan fingerprint density at radius 2 is 1.07 bits per heavy atom.